The van der Waals surface area contributed by atoms with Crippen LogP contribution in [-0.4, -0.2) is 21.0 Å². The monoisotopic (exact) mass is 264 g/mol. The molecule has 5 heteroatoms. The molecule has 0 aromatic rings. The van der Waals surface area contributed by atoms with E-state index in [4.69, 9.17) is 0 Å². The van der Waals surface area contributed by atoms with Gasteiger partial charge < -0.3 is 4.74 Å². The van der Waals surface area contributed by atoms with Crippen LogP contribution in [0.3, 0.4) is 0 Å². The van der Waals surface area contributed by atoms with E-state index in [1.807, 2.05) is 0 Å². The van der Waals surface area contributed by atoms with Gasteiger partial charge in [0.05, 0.1) is 6.61 Å². The molecule has 0 heterocycles. The van der Waals surface area contributed by atoms with Crippen molar-refractivity contribution in [2.45, 2.75) is 10.9 Å². The second-order valence-corrected chi connectivity index (χ2v) is 3.47. The third-order valence-electron chi connectivity index (χ3n) is 0.675. The van der Waals surface area contributed by atoms with Gasteiger partial charge in [-0.25, -0.2) is 4.79 Å². The highest BCUT2D eigenvalue weighted by atomic mass is 127. The Hall–Kier alpha value is -0.0700. The lowest BCUT2D eigenvalue weighted by atomic mass is 10.7. The predicted octanol–water partition coefficient (Wildman–Crippen LogP) is 1.54. The maximum Gasteiger partial charge on any atom is 0.387 e. The summed E-state index contributed by atoms with van der Waals surface area (Å²) in [5.74, 6) is -1.45. The molecule has 0 amide bonds. The highest BCUT2D eigenvalue weighted by molar-refractivity contribution is 14.2. The van der Waals surface area contributed by atoms with Crippen molar-refractivity contribution in [3.63, 3.8) is 0 Å². The summed E-state index contributed by atoms with van der Waals surface area (Å²) in [6, 6.07) is 0. The number of esters is 1. The second-order valence-electron chi connectivity index (χ2n) is 1.35. The maximum absolute atomic E-state index is 12.2. The van der Waals surface area contributed by atoms with E-state index in [9.17, 15) is 13.6 Å². The smallest absolute Gasteiger partial charge is 0.387 e. The van der Waals surface area contributed by atoms with E-state index in [-0.39, 0.29) is 6.61 Å². The fourth-order valence-electron chi connectivity index (χ4n) is 0.267. The van der Waals surface area contributed by atoms with E-state index in [0.717, 1.165) is 0 Å². The second kappa shape index (κ2) is 3.95. The van der Waals surface area contributed by atoms with E-state index in [1.54, 1.807) is 0 Å². The van der Waals surface area contributed by atoms with E-state index < -0.39 is 30.6 Å². The Morgan fingerprint density at radius 3 is 2.60 bits per heavy atom. The summed E-state index contributed by atoms with van der Waals surface area (Å²) in [6.07, 6.45) is 0. The third kappa shape index (κ3) is 2.68. The molecule has 0 saturated heterocycles. The van der Waals surface area contributed by atoms with Gasteiger partial charge in [0.2, 0.25) is 0 Å². The summed E-state index contributed by atoms with van der Waals surface area (Å²) in [6.45, 7) is 1.47. The van der Waals surface area contributed by atoms with Gasteiger partial charge >= 0.3 is 9.90 Å². The van der Waals surface area contributed by atoms with Gasteiger partial charge in [-0.15, -0.1) is 0 Å². The van der Waals surface area contributed by atoms with Crippen LogP contribution in [0.4, 0.5) is 8.78 Å². The van der Waals surface area contributed by atoms with E-state index in [0.29, 0.717) is 0 Å². The standard InChI is InChI=1S/C5H7F2IO2/c1-3-10-4(9)5(6,7)8-2/h2-3H2,1H3. The van der Waals surface area contributed by atoms with E-state index in [1.165, 1.54) is 6.92 Å². The van der Waals surface area contributed by atoms with E-state index >= 15 is 0 Å². The van der Waals surface area contributed by atoms with Crippen LogP contribution >= 0.6 is 20.7 Å². The summed E-state index contributed by atoms with van der Waals surface area (Å²) in [4.78, 5) is 10.3. The fraction of sp³-hybridized carbons (Fsp3) is 0.600. The molecule has 2 nitrogen and oxygen atoms in total. The van der Waals surface area contributed by atoms with E-state index in [2.05, 4.69) is 9.25 Å². The van der Waals surface area contributed by atoms with Crippen molar-refractivity contribution < 1.29 is 18.3 Å². The summed E-state index contributed by atoms with van der Waals surface area (Å²) in [5, 5.41) is 0. The van der Waals surface area contributed by atoms with Gasteiger partial charge in [0, 0.05) is 0 Å². The van der Waals surface area contributed by atoms with Crippen molar-refractivity contribution in [3.8, 4) is 0 Å². The number of alkyl halides is 3. The molecule has 0 unspecified atom stereocenters. The van der Waals surface area contributed by atoms with Crippen LogP contribution in [0.5, 0.6) is 0 Å². The number of halogens is 3. The van der Waals surface area contributed by atoms with Crippen LogP contribution in [0.25, 0.3) is 0 Å². The maximum atomic E-state index is 12.2. The SMILES string of the molecule is C=IC(F)(F)C(=O)OCC. The van der Waals surface area contributed by atoms with Gasteiger partial charge in [0.25, 0.3) is 0 Å². The molecule has 0 aromatic carbocycles. The van der Waals surface area contributed by atoms with Crippen molar-refractivity contribution >= 4 is 31.2 Å². The zero-order chi connectivity index (χ0) is 8.20. The molecule has 0 fully saturated rings. The van der Waals surface area contributed by atoms with Crippen molar-refractivity contribution in [3.05, 3.63) is 0 Å². The highest BCUT2D eigenvalue weighted by Gasteiger charge is 2.37. The lowest BCUT2D eigenvalue weighted by Gasteiger charge is -2.07. The molecule has 0 bridgehead atoms. The van der Waals surface area contributed by atoms with Gasteiger partial charge in [-0.1, -0.05) is 4.51 Å². The van der Waals surface area contributed by atoms with Gasteiger partial charge in [0.1, 0.15) is 0 Å². The average Bonchev–Trinajstić information content (AvgIpc) is 1.89. The quantitative estimate of drug-likeness (QED) is 0.439. The molecular formula is C5H7F2IO2. The van der Waals surface area contributed by atoms with Gasteiger partial charge in [-0.2, -0.15) is 8.78 Å². The molecule has 60 valence electrons. The Bertz CT molecular complexity index is 147. The Kier molecular flexibility index (Phi) is 3.92. The first kappa shape index (κ1) is 9.93. The number of ether oxygens (including phenoxy) is 1. The van der Waals surface area contributed by atoms with Gasteiger partial charge in [0.15, 0.2) is 0 Å². The van der Waals surface area contributed by atoms with Crippen molar-refractivity contribution in [2.75, 3.05) is 6.61 Å². The van der Waals surface area contributed by atoms with Gasteiger partial charge in [-0.05, 0) is 27.7 Å². The van der Waals surface area contributed by atoms with Crippen molar-refractivity contribution in [1.29, 1.82) is 0 Å². The molecule has 0 radical (unpaired) electrons. The zero-order valence-corrected chi connectivity index (χ0v) is 7.52. The minimum absolute atomic E-state index is 0.0157. The number of hydrogen-bond acceptors (Lipinski definition) is 2. The molecule has 0 aliphatic heterocycles. The van der Waals surface area contributed by atoms with Crippen LogP contribution in [0.2, 0.25) is 0 Å². The summed E-state index contributed by atoms with van der Waals surface area (Å²) in [5.41, 5.74) is 0. The molecule has 0 aliphatic carbocycles. The summed E-state index contributed by atoms with van der Waals surface area (Å²) in [7, 11) is 0. The molecule has 10 heavy (non-hydrogen) atoms. The van der Waals surface area contributed by atoms with Crippen molar-refractivity contribution in [1.82, 2.24) is 0 Å². The van der Waals surface area contributed by atoms with Crippen LogP contribution in [0.15, 0.2) is 0 Å². The minimum atomic E-state index is -3.31. The molecule has 0 atom stereocenters. The summed E-state index contributed by atoms with van der Waals surface area (Å²) < 4.78 is 28.3. The predicted molar refractivity (Wildman–Crippen MR) is 42.7 cm³/mol. The normalized spacial score (nSPS) is 11.1. The molecule has 0 aliphatic rings. The first-order valence-corrected chi connectivity index (χ1v) is 5.09. The Morgan fingerprint density at radius 1 is 1.80 bits per heavy atom. The largest absolute Gasteiger partial charge is 0.461 e. The van der Waals surface area contributed by atoms with Crippen LogP contribution in [0, 0.1) is 0 Å². The Morgan fingerprint density at radius 2 is 2.30 bits per heavy atom. The Balaban J connectivity index is 4.04. The highest BCUT2D eigenvalue weighted by Crippen LogP contribution is 2.28. The first-order valence-electron chi connectivity index (χ1n) is 2.49. The fourth-order valence-corrected chi connectivity index (χ4v) is 0.735. The topological polar surface area (TPSA) is 26.3 Å². The number of rotatable bonds is 3. The van der Waals surface area contributed by atoms with Gasteiger partial charge in [-0.3, -0.25) is 0 Å². The van der Waals surface area contributed by atoms with Crippen molar-refractivity contribution in [2.24, 2.45) is 0 Å². The number of carbonyl (C=O) groups excluding carboxylic acids is 1. The minimum Gasteiger partial charge on any atom is -0.461 e. The van der Waals surface area contributed by atoms with Crippen LogP contribution < -0.4 is 0 Å². The molecule has 0 saturated carbocycles. The Labute approximate surface area is 67.3 Å². The molecule has 0 aromatic heterocycles. The van der Waals surface area contributed by atoms with Crippen LogP contribution in [0.1, 0.15) is 6.92 Å². The molecule has 0 spiro atoms. The summed E-state index contributed by atoms with van der Waals surface area (Å²) >= 11 is -1.65. The van der Waals surface area contributed by atoms with Crippen LogP contribution in [-0.2, 0) is 9.53 Å². The number of hydrogen-bond donors (Lipinski definition) is 0. The molecule has 0 rings (SSSR count). The molecule has 0 N–H and O–H groups in total. The number of carbonyl (C=O) groups is 1. The first-order chi connectivity index (χ1) is 4.54. The zero-order valence-electron chi connectivity index (χ0n) is 5.36. The third-order valence-corrected chi connectivity index (χ3v) is 2.07. The lowest BCUT2D eigenvalue weighted by molar-refractivity contribution is -0.157. The lowest BCUT2D eigenvalue weighted by Crippen LogP contribution is -2.24. The molecular weight excluding hydrogens is 257 g/mol. The average molecular weight is 264 g/mol.